The van der Waals surface area contributed by atoms with Gasteiger partial charge in [-0.25, -0.2) is 4.98 Å². The van der Waals surface area contributed by atoms with Crippen molar-refractivity contribution in [2.45, 2.75) is 6.10 Å². The molecule has 1 aromatic rings. The summed E-state index contributed by atoms with van der Waals surface area (Å²) in [5.74, 6) is -0.0528. The molecule has 1 aromatic heterocycles. The second-order valence-corrected chi connectivity index (χ2v) is 4.40. The number of anilines is 1. The molecule has 116 valence electrons. The number of rotatable bonds is 4. The summed E-state index contributed by atoms with van der Waals surface area (Å²) in [5.41, 5.74) is 5.29. The molecule has 0 aromatic carbocycles. The molecule has 1 fully saturated rings. The van der Waals surface area contributed by atoms with Gasteiger partial charge in [0.15, 0.2) is 0 Å². The van der Waals surface area contributed by atoms with Crippen molar-refractivity contribution >= 4 is 18.2 Å². The molecular formula is C12H19N5O4. The second kappa shape index (κ2) is 8.82. The van der Waals surface area contributed by atoms with E-state index in [0.29, 0.717) is 12.4 Å². The molecule has 21 heavy (non-hydrogen) atoms. The van der Waals surface area contributed by atoms with Crippen LogP contribution < -0.4 is 11.1 Å². The Balaban J connectivity index is 0.000000677. The van der Waals surface area contributed by atoms with Gasteiger partial charge in [0.05, 0.1) is 25.1 Å². The van der Waals surface area contributed by atoms with Gasteiger partial charge in [-0.05, 0) is 7.05 Å². The molecule has 1 atom stereocenters. The van der Waals surface area contributed by atoms with Crippen LogP contribution in [0, 0.1) is 0 Å². The number of hydrogen-bond acceptors (Lipinski definition) is 7. The number of carbonyl (C=O) groups is 2. The first-order valence-electron chi connectivity index (χ1n) is 6.30. The van der Waals surface area contributed by atoms with Gasteiger partial charge >= 0.3 is 0 Å². The summed E-state index contributed by atoms with van der Waals surface area (Å²) in [5, 5.41) is 9.99. The van der Waals surface area contributed by atoms with E-state index in [1.165, 1.54) is 6.20 Å². The number of nitrogens with two attached hydrogens (primary N) is 1. The number of morpholine rings is 1. The Hall–Kier alpha value is -2.26. The van der Waals surface area contributed by atoms with Gasteiger partial charge in [0.1, 0.15) is 11.5 Å². The van der Waals surface area contributed by atoms with E-state index < -0.39 is 5.91 Å². The molecule has 1 saturated heterocycles. The standard InChI is InChI=1S/C11H17N5O2.CH2O2/c1-16-2-3-18-8(7-16)4-14-10-6-13-5-9(15-10)11(12)17;2-1-3/h5-6,8H,2-4,7H2,1H3,(H2,12,17)(H,14,15);1H,(H,2,3). The minimum atomic E-state index is -0.584. The molecule has 9 heteroatoms. The molecule has 1 amide bonds. The van der Waals surface area contributed by atoms with Gasteiger partial charge in [-0.2, -0.15) is 0 Å². The van der Waals surface area contributed by atoms with E-state index in [4.69, 9.17) is 20.4 Å². The van der Waals surface area contributed by atoms with Crippen LogP contribution in [0.1, 0.15) is 10.5 Å². The monoisotopic (exact) mass is 297 g/mol. The second-order valence-electron chi connectivity index (χ2n) is 4.40. The highest BCUT2D eigenvalue weighted by Gasteiger charge is 2.17. The molecule has 0 aliphatic carbocycles. The van der Waals surface area contributed by atoms with Crippen molar-refractivity contribution in [3.63, 3.8) is 0 Å². The lowest BCUT2D eigenvalue weighted by atomic mass is 10.3. The number of carbonyl (C=O) groups excluding carboxylic acids is 1. The Morgan fingerprint density at radius 3 is 3.00 bits per heavy atom. The van der Waals surface area contributed by atoms with Crippen LogP contribution in [-0.2, 0) is 9.53 Å². The van der Waals surface area contributed by atoms with Gasteiger partial charge in [0, 0.05) is 19.6 Å². The fourth-order valence-corrected chi connectivity index (χ4v) is 1.78. The third kappa shape index (κ3) is 6.15. The van der Waals surface area contributed by atoms with Crippen molar-refractivity contribution in [2.24, 2.45) is 5.73 Å². The molecule has 1 aliphatic rings. The average Bonchev–Trinajstić information content (AvgIpc) is 2.46. The first kappa shape index (κ1) is 16.8. The molecule has 0 radical (unpaired) electrons. The number of likely N-dealkylation sites (N-methyl/N-ethyl adjacent to an activating group) is 1. The minimum Gasteiger partial charge on any atom is -0.483 e. The molecule has 1 aliphatic heterocycles. The van der Waals surface area contributed by atoms with Gasteiger partial charge in [-0.3, -0.25) is 14.6 Å². The fourth-order valence-electron chi connectivity index (χ4n) is 1.78. The number of ether oxygens (including phenoxy) is 1. The highest BCUT2D eigenvalue weighted by Crippen LogP contribution is 2.06. The summed E-state index contributed by atoms with van der Waals surface area (Å²) in [7, 11) is 2.06. The quantitative estimate of drug-likeness (QED) is 0.604. The van der Waals surface area contributed by atoms with Crippen molar-refractivity contribution in [1.82, 2.24) is 14.9 Å². The number of carboxylic acid groups (broad SMARTS) is 1. The van der Waals surface area contributed by atoms with Gasteiger partial charge in [-0.15, -0.1) is 0 Å². The Labute approximate surface area is 122 Å². The molecule has 0 spiro atoms. The smallest absolute Gasteiger partial charge is 0.290 e. The van der Waals surface area contributed by atoms with E-state index >= 15 is 0 Å². The maximum atomic E-state index is 11.0. The summed E-state index contributed by atoms with van der Waals surface area (Å²) in [6, 6.07) is 0. The van der Waals surface area contributed by atoms with E-state index in [-0.39, 0.29) is 18.3 Å². The number of aromatic nitrogens is 2. The molecule has 2 heterocycles. The van der Waals surface area contributed by atoms with E-state index in [9.17, 15) is 4.79 Å². The Kier molecular flexibility index (Phi) is 7.05. The van der Waals surface area contributed by atoms with E-state index in [0.717, 1.165) is 19.7 Å². The van der Waals surface area contributed by atoms with Crippen molar-refractivity contribution in [2.75, 3.05) is 38.6 Å². The summed E-state index contributed by atoms with van der Waals surface area (Å²) in [6.45, 7) is 2.93. The van der Waals surface area contributed by atoms with Crippen LogP contribution in [0.5, 0.6) is 0 Å². The molecule has 2 rings (SSSR count). The number of nitrogens with zero attached hydrogens (tertiary/aromatic N) is 3. The summed E-state index contributed by atoms with van der Waals surface area (Å²) < 4.78 is 5.60. The summed E-state index contributed by atoms with van der Waals surface area (Å²) >= 11 is 0. The predicted octanol–water partition coefficient (Wildman–Crippen LogP) is -0.981. The number of nitrogens with one attached hydrogen (secondary N) is 1. The van der Waals surface area contributed by atoms with Crippen LogP contribution in [0.4, 0.5) is 5.82 Å². The first-order valence-corrected chi connectivity index (χ1v) is 6.30. The number of amides is 1. The highest BCUT2D eigenvalue weighted by molar-refractivity contribution is 5.90. The molecule has 4 N–H and O–H groups in total. The van der Waals surface area contributed by atoms with Gasteiger partial charge in [0.25, 0.3) is 12.4 Å². The molecule has 0 bridgehead atoms. The minimum absolute atomic E-state index is 0.114. The molecule has 1 unspecified atom stereocenters. The fraction of sp³-hybridized carbons (Fsp3) is 0.500. The molecule has 9 nitrogen and oxygen atoms in total. The lowest BCUT2D eigenvalue weighted by molar-refractivity contribution is -0.122. The predicted molar refractivity (Wildman–Crippen MR) is 75.0 cm³/mol. The van der Waals surface area contributed by atoms with Gasteiger partial charge < -0.3 is 25.8 Å². The van der Waals surface area contributed by atoms with E-state index in [1.807, 2.05) is 0 Å². The zero-order valence-corrected chi connectivity index (χ0v) is 11.7. The Morgan fingerprint density at radius 1 is 1.67 bits per heavy atom. The van der Waals surface area contributed by atoms with Crippen LogP contribution >= 0.6 is 0 Å². The van der Waals surface area contributed by atoms with Crippen LogP contribution in [-0.4, -0.2) is 71.7 Å². The van der Waals surface area contributed by atoms with Crippen LogP contribution in [0.2, 0.25) is 0 Å². The van der Waals surface area contributed by atoms with Crippen molar-refractivity contribution in [1.29, 1.82) is 0 Å². The molecular weight excluding hydrogens is 278 g/mol. The maximum Gasteiger partial charge on any atom is 0.290 e. The highest BCUT2D eigenvalue weighted by atomic mass is 16.5. The summed E-state index contributed by atoms with van der Waals surface area (Å²) in [6.07, 6.45) is 3.01. The van der Waals surface area contributed by atoms with Gasteiger partial charge in [0.2, 0.25) is 0 Å². The third-order valence-corrected chi connectivity index (χ3v) is 2.74. The zero-order chi connectivity index (χ0) is 15.7. The topological polar surface area (TPSA) is 131 Å². The van der Waals surface area contributed by atoms with E-state index in [2.05, 4.69) is 27.2 Å². The van der Waals surface area contributed by atoms with Crippen molar-refractivity contribution in [3.8, 4) is 0 Å². The Bertz CT molecular complexity index is 471. The average molecular weight is 297 g/mol. The van der Waals surface area contributed by atoms with Crippen molar-refractivity contribution in [3.05, 3.63) is 18.1 Å². The SMILES string of the molecule is CN1CCOC(CNc2cncc(C(N)=O)n2)C1.O=CO. The van der Waals surface area contributed by atoms with Crippen LogP contribution in [0.15, 0.2) is 12.4 Å². The normalized spacial score (nSPS) is 18.2. The molecule has 0 saturated carbocycles. The zero-order valence-electron chi connectivity index (χ0n) is 11.7. The first-order chi connectivity index (χ1) is 10.1. The van der Waals surface area contributed by atoms with Gasteiger partial charge in [-0.1, -0.05) is 0 Å². The number of primary amides is 1. The lowest BCUT2D eigenvalue weighted by Gasteiger charge is -2.30. The lowest BCUT2D eigenvalue weighted by Crippen LogP contribution is -2.43. The largest absolute Gasteiger partial charge is 0.483 e. The van der Waals surface area contributed by atoms with Crippen LogP contribution in [0.3, 0.4) is 0 Å². The van der Waals surface area contributed by atoms with Crippen molar-refractivity contribution < 1.29 is 19.4 Å². The Morgan fingerprint density at radius 2 is 2.38 bits per heavy atom. The third-order valence-electron chi connectivity index (χ3n) is 2.74. The number of hydrogen-bond donors (Lipinski definition) is 3. The van der Waals surface area contributed by atoms with E-state index in [1.54, 1.807) is 6.20 Å². The maximum absolute atomic E-state index is 11.0. The summed E-state index contributed by atoms with van der Waals surface area (Å²) in [4.78, 5) is 29.5. The van der Waals surface area contributed by atoms with Crippen LogP contribution in [0.25, 0.3) is 0 Å².